The molecule has 1 saturated heterocycles. The van der Waals surface area contributed by atoms with Crippen molar-refractivity contribution in [3.63, 3.8) is 0 Å². The average molecular weight is 382 g/mol. The van der Waals surface area contributed by atoms with Gasteiger partial charge in [-0.2, -0.15) is 4.31 Å². The molecule has 3 aromatic rings. The van der Waals surface area contributed by atoms with E-state index in [1.165, 1.54) is 0 Å². The third kappa shape index (κ3) is 3.19. The minimum Gasteiger partial charge on any atom is -0.497 e. The van der Waals surface area contributed by atoms with Gasteiger partial charge in [0.25, 0.3) is 0 Å². The van der Waals surface area contributed by atoms with Crippen molar-refractivity contribution in [3.05, 3.63) is 65.9 Å². The molecule has 140 valence electrons. The summed E-state index contributed by atoms with van der Waals surface area (Å²) in [6.45, 7) is 2.47. The van der Waals surface area contributed by atoms with E-state index >= 15 is 0 Å². The standard InChI is InChI=1S/C21H22N2O3S/c1-15-13-17-5-3-7-20(21(17)22-14-15)27(24,25)23-12-4-6-19(23)16-8-10-18(26-2)11-9-16/h3,5,7-11,13-14,19H,4,6,12H2,1-2H3. The maximum absolute atomic E-state index is 13.5. The van der Waals surface area contributed by atoms with Crippen LogP contribution >= 0.6 is 0 Å². The molecule has 1 aliphatic heterocycles. The smallest absolute Gasteiger partial charge is 0.245 e. The number of pyridine rings is 1. The zero-order chi connectivity index (χ0) is 19.0. The van der Waals surface area contributed by atoms with Crippen LogP contribution in [-0.4, -0.2) is 31.4 Å². The van der Waals surface area contributed by atoms with Crippen molar-refractivity contribution in [1.29, 1.82) is 0 Å². The lowest BCUT2D eigenvalue weighted by molar-refractivity contribution is 0.395. The van der Waals surface area contributed by atoms with E-state index < -0.39 is 10.0 Å². The molecule has 2 aromatic carbocycles. The Hall–Kier alpha value is -2.44. The topological polar surface area (TPSA) is 59.5 Å². The molecule has 1 fully saturated rings. The number of nitrogens with zero attached hydrogens (tertiary/aromatic N) is 2. The van der Waals surface area contributed by atoms with E-state index in [1.807, 2.05) is 43.3 Å². The van der Waals surface area contributed by atoms with E-state index in [0.717, 1.165) is 35.1 Å². The maximum Gasteiger partial charge on any atom is 0.245 e. The molecular formula is C21H22N2O3S. The number of ether oxygens (including phenoxy) is 1. The van der Waals surface area contributed by atoms with E-state index in [9.17, 15) is 8.42 Å². The summed E-state index contributed by atoms with van der Waals surface area (Å²) < 4.78 is 33.8. The van der Waals surface area contributed by atoms with Gasteiger partial charge in [-0.25, -0.2) is 8.42 Å². The third-order valence-electron chi connectivity index (χ3n) is 5.10. The van der Waals surface area contributed by atoms with E-state index in [4.69, 9.17) is 4.74 Å². The predicted molar refractivity (Wildman–Crippen MR) is 105 cm³/mol. The van der Waals surface area contributed by atoms with E-state index in [1.54, 1.807) is 29.7 Å². The van der Waals surface area contributed by atoms with Crippen molar-refractivity contribution in [2.24, 2.45) is 0 Å². The lowest BCUT2D eigenvalue weighted by atomic mass is 10.1. The van der Waals surface area contributed by atoms with E-state index in [-0.39, 0.29) is 10.9 Å². The van der Waals surface area contributed by atoms with Gasteiger partial charge >= 0.3 is 0 Å². The second kappa shape index (κ2) is 6.94. The van der Waals surface area contributed by atoms with Crippen LogP contribution in [0.25, 0.3) is 10.9 Å². The summed E-state index contributed by atoms with van der Waals surface area (Å²) >= 11 is 0. The Bertz CT molecular complexity index is 1080. The molecule has 0 aliphatic carbocycles. The summed E-state index contributed by atoms with van der Waals surface area (Å²) in [6, 6.07) is 14.8. The highest BCUT2D eigenvalue weighted by Gasteiger charge is 2.37. The first-order valence-electron chi connectivity index (χ1n) is 9.02. The lowest BCUT2D eigenvalue weighted by Gasteiger charge is -2.25. The van der Waals surface area contributed by atoms with Gasteiger partial charge in [0, 0.05) is 18.1 Å². The largest absolute Gasteiger partial charge is 0.497 e. The highest BCUT2D eigenvalue weighted by molar-refractivity contribution is 7.89. The van der Waals surface area contributed by atoms with Gasteiger partial charge in [-0.3, -0.25) is 4.98 Å². The SMILES string of the molecule is COc1ccc(C2CCCN2S(=O)(=O)c2cccc3cc(C)cnc23)cc1. The molecule has 1 aliphatic rings. The van der Waals surface area contributed by atoms with Crippen molar-refractivity contribution in [2.45, 2.75) is 30.7 Å². The summed E-state index contributed by atoms with van der Waals surface area (Å²) in [5, 5.41) is 0.844. The number of benzene rings is 2. The van der Waals surface area contributed by atoms with Crippen LogP contribution in [0, 0.1) is 6.92 Å². The predicted octanol–water partition coefficient (Wildman–Crippen LogP) is 4.08. The van der Waals surface area contributed by atoms with Gasteiger partial charge in [0.05, 0.1) is 18.7 Å². The molecule has 1 atom stereocenters. The number of hydrogen-bond donors (Lipinski definition) is 0. The van der Waals surface area contributed by atoms with Crippen LogP contribution < -0.4 is 4.74 Å². The van der Waals surface area contributed by atoms with Crippen molar-refractivity contribution in [2.75, 3.05) is 13.7 Å². The molecule has 0 saturated carbocycles. The first-order chi connectivity index (χ1) is 13.0. The number of sulfonamides is 1. The van der Waals surface area contributed by atoms with E-state index in [2.05, 4.69) is 4.98 Å². The summed E-state index contributed by atoms with van der Waals surface area (Å²) in [4.78, 5) is 4.69. The fourth-order valence-corrected chi connectivity index (χ4v) is 5.61. The quantitative estimate of drug-likeness (QED) is 0.682. The highest BCUT2D eigenvalue weighted by atomic mass is 32.2. The number of para-hydroxylation sites is 1. The van der Waals surface area contributed by atoms with Crippen LogP contribution in [-0.2, 0) is 10.0 Å². The van der Waals surface area contributed by atoms with E-state index in [0.29, 0.717) is 12.1 Å². The molecule has 0 amide bonds. The molecule has 0 radical (unpaired) electrons. The third-order valence-corrected chi connectivity index (χ3v) is 7.04. The van der Waals surface area contributed by atoms with Crippen LogP contribution in [0.1, 0.15) is 30.0 Å². The zero-order valence-electron chi connectivity index (χ0n) is 15.4. The van der Waals surface area contributed by atoms with Crippen LogP contribution in [0.3, 0.4) is 0 Å². The molecule has 2 heterocycles. The minimum atomic E-state index is -3.65. The minimum absolute atomic E-state index is 0.165. The van der Waals surface area contributed by atoms with Gasteiger partial charge in [0.15, 0.2) is 0 Å². The molecule has 0 spiro atoms. The number of aromatic nitrogens is 1. The van der Waals surface area contributed by atoms with Gasteiger partial charge in [0.1, 0.15) is 10.6 Å². The fourth-order valence-electron chi connectivity index (χ4n) is 3.76. The van der Waals surface area contributed by atoms with Gasteiger partial charge < -0.3 is 4.74 Å². The summed E-state index contributed by atoms with van der Waals surface area (Å²) in [7, 11) is -2.03. The van der Waals surface area contributed by atoms with Crippen LogP contribution in [0.4, 0.5) is 0 Å². The second-order valence-electron chi connectivity index (χ2n) is 6.89. The number of methoxy groups -OCH3 is 1. The maximum atomic E-state index is 13.5. The Kier molecular flexibility index (Phi) is 4.61. The Morgan fingerprint density at radius 2 is 1.93 bits per heavy atom. The average Bonchev–Trinajstić information content (AvgIpc) is 3.18. The second-order valence-corrected chi connectivity index (χ2v) is 8.75. The first-order valence-corrected chi connectivity index (χ1v) is 10.5. The molecule has 5 nitrogen and oxygen atoms in total. The van der Waals surface area contributed by atoms with Gasteiger partial charge in [-0.15, -0.1) is 0 Å². The lowest BCUT2D eigenvalue weighted by Crippen LogP contribution is -2.31. The zero-order valence-corrected chi connectivity index (χ0v) is 16.2. The molecule has 27 heavy (non-hydrogen) atoms. The Morgan fingerprint density at radius 3 is 2.67 bits per heavy atom. The van der Waals surface area contributed by atoms with Crippen LogP contribution in [0.5, 0.6) is 5.75 Å². The molecule has 6 heteroatoms. The summed E-state index contributed by atoms with van der Waals surface area (Å²) in [6.07, 6.45) is 3.36. The molecule has 1 aromatic heterocycles. The van der Waals surface area contributed by atoms with Crippen LogP contribution in [0.2, 0.25) is 0 Å². The van der Waals surface area contributed by atoms with Gasteiger partial charge in [-0.05, 0) is 55.2 Å². The number of hydrogen-bond acceptors (Lipinski definition) is 4. The van der Waals surface area contributed by atoms with Gasteiger partial charge in [-0.1, -0.05) is 24.3 Å². The Labute approximate surface area is 159 Å². The number of rotatable bonds is 4. The molecule has 0 bridgehead atoms. The monoisotopic (exact) mass is 382 g/mol. The van der Waals surface area contributed by atoms with Crippen molar-refractivity contribution >= 4 is 20.9 Å². The number of fused-ring (bicyclic) bond motifs is 1. The van der Waals surface area contributed by atoms with Gasteiger partial charge in [0.2, 0.25) is 10.0 Å². The van der Waals surface area contributed by atoms with Crippen molar-refractivity contribution in [3.8, 4) is 5.75 Å². The molecule has 4 rings (SSSR count). The highest BCUT2D eigenvalue weighted by Crippen LogP contribution is 2.38. The summed E-state index contributed by atoms with van der Waals surface area (Å²) in [5.74, 6) is 0.764. The summed E-state index contributed by atoms with van der Waals surface area (Å²) in [5.41, 5.74) is 2.53. The van der Waals surface area contributed by atoms with Crippen molar-refractivity contribution in [1.82, 2.24) is 9.29 Å². The Balaban J connectivity index is 1.76. The fraction of sp³-hybridized carbons (Fsp3) is 0.286. The van der Waals surface area contributed by atoms with Crippen molar-refractivity contribution < 1.29 is 13.2 Å². The molecular weight excluding hydrogens is 360 g/mol. The molecule has 0 N–H and O–H groups in total. The molecule has 1 unspecified atom stereocenters. The number of aryl methyl sites for hydroxylation is 1. The Morgan fingerprint density at radius 1 is 1.15 bits per heavy atom. The first kappa shape index (κ1) is 17.9. The normalized spacial score (nSPS) is 18.1. The van der Waals surface area contributed by atoms with Crippen LogP contribution in [0.15, 0.2) is 59.6 Å².